The first-order valence-electron chi connectivity index (χ1n) is 10.7. The van der Waals surface area contributed by atoms with E-state index < -0.39 is 6.09 Å². The van der Waals surface area contributed by atoms with Crippen molar-refractivity contribution in [1.29, 1.82) is 0 Å². The van der Waals surface area contributed by atoms with Gasteiger partial charge in [0, 0.05) is 32.5 Å². The number of nitrogens with one attached hydrogen (secondary N) is 2. The van der Waals surface area contributed by atoms with Crippen LogP contribution in [0.2, 0.25) is 0 Å². The van der Waals surface area contributed by atoms with Gasteiger partial charge in [-0.3, -0.25) is 14.7 Å². The lowest BCUT2D eigenvalue weighted by Crippen LogP contribution is -2.39. The lowest BCUT2D eigenvalue weighted by atomic mass is 9.88. The summed E-state index contributed by atoms with van der Waals surface area (Å²) < 4.78 is 20.4. The van der Waals surface area contributed by atoms with Gasteiger partial charge in [0.15, 0.2) is 5.11 Å². The fraction of sp³-hybridized carbons (Fsp3) is 0.409. The summed E-state index contributed by atoms with van der Waals surface area (Å²) in [6, 6.07) is 4.84. The number of anilines is 1. The summed E-state index contributed by atoms with van der Waals surface area (Å²) in [4.78, 5) is 36.0. The number of carbonyl (C=O) groups is 2. The molecule has 33 heavy (non-hydrogen) atoms. The second-order valence-corrected chi connectivity index (χ2v) is 8.35. The Hall–Kier alpha value is -3.34. The van der Waals surface area contributed by atoms with Gasteiger partial charge in [0.25, 0.3) is 5.91 Å². The minimum atomic E-state index is -0.514. The molecule has 4 rings (SSSR count). The molecule has 1 atom stereocenters. The molecular formula is C22H25FN6O3S. The van der Waals surface area contributed by atoms with E-state index in [1.165, 1.54) is 29.6 Å². The second-order valence-electron chi connectivity index (χ2n) is 7.94. The van der Waals surface area contributed by atoms with Crippen molar-refractivity contribution in [2.75, 3.05) is 38.1 Å². The van der Waals surface area contributed by atoms with Gasteiger partial charge in [-0.05, 0) is 48.7 Å². The average Bonchev–Trinajstić information content (AvgIpc) is 3.23. The third-order valence-electron chi connectivity index (χ3n) is 5.89. The molecule has 2 fully saturated rings. The fourth-order valence-corrected chi connectivity index (χ4v) is 4.20. The topological polar surface area (TPSA) is 99.7 Å². The van der Waals surface area contributed by atoms with E-state index in [0.717, 1.165) is 0 Å². The van der Waals surface area contributed by atoms with Gasteiger partial charge in [0.1, 0.15) is 17.6 Å². The number of likely N-dealkylation sites (tertiary alicyclic amines) is 1. The van der Waals surface area contributed by atoms with E-state index in [0.29, 0.717) is 61.1 Å². The summed E-state index contributed by atoms with van der Waals surface area (Å²) in [6.45, 7) is 1.71. The van der Waals surface area contributed by atoms with Crippen LogP contribution in [-0.4, -0.2) is 71.3 Å². The van der Waals surface area contributed by atoms with Crippen LogP contribution in [0.3, 0.4) is 0 Å². The van der Waals surface area contributed by atoms with Crippen molar-refractivity contribution in [3.63, 3.8) is 0 Å². The van der Waals surface area contributed by atoms with Crippen LogP contribution >= 0.6 is 12.2 Å². The van der Waals surface area contributed by atoms with Gasteiger partial charge in [-0.25, -0.2) is 14.2 Å². The molecule has 2 amide bonds. The summed E-state index contributed by atoms with van der Waals surface area (Å²) in [5.74, 6) is -0.531. The number of benzene rings is 1. The Bertz CT molecular complexity index is 1030. The number of cyclic esters (lactones) is 1. The van der Waals surface area contributed by atoms with E-state index in [9.17, 15) is 9.59 Å². The number of amides is 2. The van der Waals surface area contributed by atoms with Gasteiger partial charge in [-0.15, -0.1) is 0 Å². The zero-order chi connectivity index (χ0) is 23.4. The quantitative estimate of drug-likeness (QED) is 0.638. The summed E-state index contributed by atoms with van der Waals surface area (Å²) in [6.07, 6.45) is 4.85. The first kappa shape index (κ1) is 22.8. The smallest absolute Gasteiger partial charge is 0.414 e. The first-order chi connectivity index (χ1) is 16.0. The third-order valence-corrected chi connectivity index (χ3v) is 6.24. The molecule has 0 bridgehead atoms. The number of aromatic nitrogens is 2. The van der Waals surface area contributed by atoms with Gasteiger partial charge in [-0.2, -0.15) is 0 Å². The van der Waals surface area contributed by atoms with Crippen LogP contribution in [0.5, 0.6) is 0 Å². The summed E-state index contributed by atoms with van der Waals surface area (Å²) >= 11 is 5.03. The maximum atomic E-state index is 15.0. The SMILES string of the molecule is CNC(=S)NC[C@H]1CN(c2ccc(C3CCN(C(=O)c4cnccn4)CC3)c(F)c2)C(=O)O1. The van der Waals surface area contributed by atoms with Crippen LogP contribution in [0.1, 0.15) is 34.8 Å². The van der Waals surface area contributed by atoms with E-state index in [1.54, 1.807) is 24.1 Å². The summed E-state index contributed by atoms with van der Waals surface area (Å²) in [5, 5.41) is 6.22. The Kier molecular flexibility index (Phi) is 6.97. The Morgan fingerprint density at radius 2 is 2.09 bits per heavy atom. The number of ether oxygens (including phenoxy) is 1. The maximum Gasteiger partial charge on any atom is 0.414 e. The van der Waals surface area contributed by atoms with E-state index in [4.69, 9.17) is 17.0 Å². The number of thiocarbonyl (C=S) groups is 1. The van der Waals surface area contributed by atoms with E-state index in [2.05, 4.69) is 20.6 Å². The second kappa shape index (κ2) is 10.1. The Labute approximate surface area is 196 Å². The number of halogens is 1. The van der Waals surface area contributed by atoms with Crippen LogP contribution in [0.15, 0.2) is 36.8 Å². The molecule has 2 aliphatic heterocycles. The lowest BCUT2D eigenvalue weighted by Gasteiger charge is -2.32. The van der Waals surface area contributed by atoms with E-state index >= 15 is 4.39 Å². The average molecular weight is 473 g/mol. The number of hydrogen-bond donors (Lipinski definition) is 2. The van der Waals surface area contributed by atoms with Crippen LogP contribution < -0.4 is 15.5 Å². The third kappa shape index (κ3) is 5.19. The number of nitrogens with zero attached hydrogens (tertiary/aromatic N) is 4. The minimum absolute atomic E-state index is 0.00464. The van der Waals surface area contributed by atoms with Crippen molar-refractivity contribution in [2.24, 2.45) is 0 Å². The molecular weight excluding hydrogens is 447 g/mol. The summed E-state index contributed by atoms with van der Waals surface area (Å²) in [7, 11) is 1.70. The zero-order valence-electron chi connectivity index (χ0n) is 18.2. The largest absolute Gasteiger partial charge is 0.442 e. The van der Waals surface area contributed by atoms with E-state index in [-0.39, 0.29) is 23.7 Å². The number of piperidine rings is 1. The van der Waals surface area contributed by atoms with Crippen molar-refractivity contribution in [3.05, 3.63) is 53.9 Å². The molecule has 9 nitrogen and oxygen atoms in total. The molecule has 0 saturated carbocycles. The molecule has 2 saturated heterocycles. The Balaban J connectivity index is 1.36. The molecule has 0 unspecified atom stereocenters. The first-order valence-corrected chi connectivity index (χ1v) is 11.2. The predicted octanol–water partition coefficient (Wildman–Crippen LogP) is 2.05. The molecule has 11 heteroatoms. The van der Waals surface area contributed by atoms with Gasteiger partial charge in [0.2, 0.25) is 0 Å². The van der Waals surface area contributed by atoms with Crippen LogP contribution in [0.25, 0.3) is 0 Å². The van der Waals surface area contributed by atoms with Crippen molar-refractivity contribution in [1.82, 2.24) is 25.5 Å². The normalized spacial score (nSPS) is 18.7. The maximum absolute atomic E-state index is 15.0. The van der Waals surface area contributed by atoms with Crippen LogP contribution in [-0.2, 0) is 4.74 Å². The molecule has 1 aromatic heterocycles. The molecule has 2 N–H and O–H groups in total. The van der Waals surface area contributed by atoms with Gasteiger partial charge >= 0.3 is 6.09 Å². The van der Waals surface area contributed by atoms with Crippen molar-refractivity contribution in [2.45, 2.75) is 24.9 Å². The number of hydrogen-bond acceptors (Lipinski definition) is 6. The molecule has 0 radical (unpaired) electrons. The van der Waals surface area contributed by atoms with Gasteiger partial charge in [-0.1, -0.05) is 6.07 Å². The summed E-state index contributed by atoms with van der Waals surface area (Å²) in [5.41, 5.74) is 1.36. The highest BCUT2D eigenvalue weighted by molar-refractivity contribution is 7.80. The van der Waals surface area contributed by atoms with Gasteiger partial charge in [0.05, 0.1) is 25.0 Å². The molecule has 0 spiro atoms. The molecule has 3 heterocycles. The Morgan fingerprint density at radius 1 is 1.30 bits per heavy atom. The number of carbonyl (C=O) groups excluding carboxylic acids is 2. The number of rotatable bonds is 5. The monoisotopic (exact) mass is 472 g/mol. The molecule has 2 aromatic rings. The van der Waals surface area contributed by atoms with Gasteiger partial charge < -0.3 is 20.3 Å². The fourth-order valence-electron chi connectivity index (χ4n) is 4.11. The highest BCUT2D eigenvalue weighted by Gasteiger charge is 2.33. The molecule has 174 valence electrons. The predicted molar refractivity (Wildman–Crippen MR) is 124 cm³/mol. The highest BCUT2D eigenvalue weighted by Crippen LogP contribution is 2.33. The zero-order valence-corrected chi connectivity index (χ0v) is 19.0. The van der Waals surface area contributed by atoms with Crippen molar-refractivity contribution >= 4 is 35.0 Å². The van der Waals surface area contributed by atoms with E-state index in [1.807, 2.05) is 0 Å². The minimum Gasteiger partial charge on any atom is -0.442 e. The highest BCUT2D eigenvalue weighted by atomic mass is 32.1. The standard InChI is InChI=1S/C22H25FN6O3S/c1-24-21(33)27-11-16-13-29(22(31)32-16)15-2-3-17(18(23)10-15)14-4-8-28(9-5-14)20(30)19-12-25-6-7-26-19/h2-3,6-7,10,12,14,16H,4-5,8-9,11,13H2,1H3,(H2,24,27,33)/t16-/m0/s1. The van der Waals surface area contributed by atoms with Crippen LogP contribution in [0, 0.1) is 5.82 Å². The Morgan fingerprint density at radius 3 is 2.76 bits per heavy atom. The van der Waals surface area contributed by atoms with Crippen LogP contribution in [0.4, 0.5) is 14.9 Å². The molecule has 1 aromatic carbocycles. The van der Waals surface area contributed by atoms with Crippen molar-refractivity contribution in [3.8, 4) is 0 Å². The molecule has 2 aliphatic rings. The van der Waals surface area contributed by atoms with Crippen molar-refractivity contribution < 1.29 is 18.7 Å². The lowest BCUT2D eigenvalue weighted by molar-refractivity contribution is 0.0706. The molecule has 0 aliphatic carbocycles.